The number of carbonyl (C=O) groups is 2. The average Bonchev–Trinajstić information content (AvgIpc) is 2.89. The molecule has 5 nitrogen and oxygen atoms in total. The van der Waals surface area contributed by atoms with Gasteiger partial charge in [0.05, 0.1) is 6.10 Å². The summed E-state index contributed by atoms with van der Waals surface area (Å²) in [6, 6.07) is 1.84. The van der Waals surface area contributed by atoms with E-state index in [-0.39, 0.29) is 6.54 Å². The van der Waals surface area contributed by atoms with Crippen molar-refractivity contribution in [3.63, 3.8) is 0 Å². The third-order valence-corrected chi connectivity index (χ3v) is 3.21. The van der Waals surface area contributed by atoms with Crippen LogP contribution in [0, 0.1) is 5.92 Å². The Balaban J connectivity index is 2.21. The molecule has 0 aliphatic carbocycles. The number of hydrogen-bond acceptors (Lipinski definition) is 4. The van der Waals surface area contributed by atoms with Gasteiger partial charge in [0, 0.05) is 13.1 Å². The van der Waals surface area contributed by atoms with Crippen LogP contribution in [-0.2, 0) is 9.59 Å². The first-order chi connectivity index (χ1) is 9.00. The fraction of sp³-hybridized carbons (Fsp3) is 0.538. The zero-order valence-electron chi connectivity index (χ0n) is 11.2. The van der Waals surface area contributed by atoms with Gasteiger partial charge in [-0.3, -0.25) is 9.59 Å². The summed E-state index contributed by atoms with van der Waals surface area (Å²) in [6.45, 7) is 4.65. The van der Waals surface area contributed by atoms with Crippen molar-refractivity contribution in [2.24, 2.45) is 5.92 Å². The maximum Gasteiger partial charge on any atom is 0.309 e. The van der Waals surface area contributed by atoms with Gasteiger partial charge in [-0.05, 0) is 34.7 Å². The molecule has 0 saturated carbocycles. The Morgan fingerprint density at radius 3 is 2.58 bits per heavy atom. The molecule has 19 heavy (non-hydrogen) atoms. The Bertz CT molecular complexity index is 404. The summed E-state index contributed by atoms with van der Waals surface area (Å²) in [6.07, 6.45) is -0.217. The summed E-state index contributed by atoms with van der Waals surface area (Å²) in [5.41, 5.74) is 0.837. The zero-order valence-corrected chi connectivity index (χ0v) is 12.0. The van der Waals surface area contributed by atoms with Gasteiger partial charge in [-0.1, -0.05) is 13.8 Å². The summed E-state index contributed by atoms with van der Waals surface area (Å²) in [5.74, 6) is -0.978. The van der Waals surface area contributed by atoms with Gasteiger partial charge in [-0.15, -0.1) is 0 Å². The van der Waals surface area contributed by atoms with Crippen LogP contribution in [0.1, 0.15) is 31.9 Å². The van der Waals surface area contributed by atoms with Crippen molar-refractivity contribution in [2.75, 3.05) is 13.1 Å². The van der Waals surface area contributed by atoms with Gasteiger partial charge in [-0.2, -0.15) is 11.3 Å². The van der Waals surface area contributed by atoms with Crippen LogP contribution >= 0.6 is 11.3 Å². The molecule has 2 amide bonds. The van der Waals surface area contributed by atoms with Crippen LogP contribution in [0.4, 0.5) is 0 Å². The topological polar surface area (TPSA) is 78.4 Å². The molecule has 1 aromatic heterocycles. The molecule has 0 aliphatic heterocycles. The van der Waals surface area contributed by atoms with Crippen LogP contribution < -0.4 is 10.6 Å². The molecule has 6 heteroatoms. The molecule has 1 unspecified atom stereocenters. The lowest BCUT2D eigenvalue weighted by atomic mass is 10.1. The van der Waals surface area contributed by atoms with E-state index in [1.54, 1.807) is 0 Å². The number of aliphatic hydroxyl groups excluding tert-OH is 1. The summed E-state index contributed by atoms with van der Waals surface area (Å²) in [5, 5.41) is 18.6. The zero-order chi connectivity index (χ0) is 14.3. The highest BCUT2D eigenvalue weighted by Crippen LogP contribution is 2.18. The second-order valence-electron chi connectivity index (χ2n) is 4.72. The van der Waals surface area contributed by atoms with E-state index < -0.39 is 17.9 Å². The van der Waals surface area contributed by atoms with Crippen LogP contribution in [0.5, 0.6) is 0 Å². The SMILES string of the molecule is CC(C)CNC(=O)C(=O)NCCC(O)c1ccsc1. The quantitative estimate of drug-likeness (QED) is 0.684. The molecule has 0 fully saturated rings. The molecule has 0 saturated heterocycles. The fourth-order valence-electron chi connectivity index (χ4n) is 1.41. The minimum atomic E-state index is -0.654. The molecule has 1 heterocycles. The number of carbonyl (C=O) groups excluding carboxylic acids is 2. The largest absolute Gasteiger partial charge is 0.388 e. The van der Waals surface area contributed by atoms with Gasteiger partial charge in [-0.25, -0.2) is 0 Å². The first kappa shape index (κ1) is 15.7. The average molecular weight is 284 g/mol. The molecule has 0 aromatic carbocycles. The monoisotopic (exact) mass is 284 g/mol. The first-order valence-electron chi connectivity index (χ1n) is 6.27. The molecular weight excluding hydrogens is 264 g/mol. The van der Waals surface area contributed by atoms with Crippen LogP contribution in [0.2, 0.25) is 0 Å². The number of nitrogens with one attached hydrogen (secondary N) is 2. The normalized spacial score (nSPS) is 12.2. The molecule has 0 spiro atoms. The highest BCUT2D eigenvalue weighted by atomic mass is 32.1. The Morgan fingerprint density at radius 1 is 1.32 bits per heavy atom. The lowest BCUT2D eigenvalue weighted by molar-refractivity contribution is -0.139. The number of amides is 2. The standard InChI is InChI=1S/C13H20N2O3S/c1-9(2)7-15-13(18)12(17)14-5-3-11(16)10-4-6-19-8-10/h4,6,8-9,11,16H,3,5,7H2,1-2H3,(H,14,17)(H,15,18). The van der Waals surface area contributed by atoms with Crippen molar-refractivity contribution in [3.05, 3.63) is 22.4 Å². The van der Waals surface area contributed by atoms with E-state index in [0.29, 0.717) is 18.9 Å². The molecule has 3 N–H and O–H groups in total. The van der Waals surface area contributed by atoms with Gasteiger partial charge in [0.1, 0.15) is 0 Å². The molecule has 0 radical (unpaired) electrons. The Labute approximate surface area is 117 Å². The first-order valence-corrected chi connectivity index (χ1v) is 7.21. The Kier molecular flexibility index (Phi) is 6.52. The van der Waals surface area contributed by atoms with E-state index in [9.17, 15) is 14.7 Å². The molecular formula is C13H20N2O3S. The second-order valence-corrected chi connectivity index (χ2v) is 5.50. The van der Waals surface area contributed by atoms with E-state index in [4.69, 9.17) is 0 Å². The van der Waals surface area contributed by atoms with E-state index in [1.165, 1.54) is 11.3 Å². The third-order valence-electron chi connectivity index (χ3n) is 2.51. The van der Waals surface area contributed by atoms with Gasteiger partial charge in [0.2, 0.25) is 0 Å². The second kappa shape index (κ2) is 7.91. The highest BCUT2D eigenvalue weighted by Gasteiger charge is 2.14. The van der Waals surface area contributed by atoms with E-state index >= 15 is 0 Å². The molecule has 1 aromatic rings. The van der Waals surface area contributed by atoms with Crippen molar-refractivity contribution >= 4 is 23.2 Å². The number of hydrogen-bond donors (Lipinski definition) is 3. The maximum absolute atomic E-state index is 11.4. The highest BCUT2D eigenvalue weighted by molar-refractivity contribution is 7.07. The van der Waals surface area contributed by atoms with Crippen LogP contribution in [-0.4, -0.2) is 30.0 Å². The fourth-order valence-corrected chi connectivity index (χ4v) is 2.12. The molecule has 1 atom stereocenters. The summed E-state index contributed by atoms with van der Waals surface area (Å²) in [4.78, 5) is 22.8. The maximum atomic E-state index is 11.4. The molecule has 1 rings (SSSR count). The van der Waals surface area contributed by atoms with Gasteiger partial charge in [0.15, 0.2) is 0 Å². The summed E-state index contributed by atoms with van der Waals surface area (Å²) < 4.78 is 0. The van der Waals surface area contributed by atoms with Crippen LogP contribution in [0.3, 0.4) is 0 Å². The Morgan fingerprint density at radius 2 is 2.00 bits per heavy atom. The van der Waals surface area contributed by atoms with Gasteiger partial charge < -0.3 is 15.7 Å². The van der Waals surface area contributed by atoms with Gasteiger partial charge in [0.25, 0.3) is 0 Å². The lowest BCUT2D eigenvalue weighted by Crippen LogP contribution is -2.41. The predicted octanol–water partition coefficient (Wildman–Crippen LogP) is 1.06. The minimum absolute atomic E-state index is 0.269. The smallest absolute Gasteiger partial charge is 0.309 e. The van der Waals surface area contributed by atoms with E-state index in [1.807, 2.05) is 30.7 Å². The Hall–Kier alpha value is -1.40. The molecule has 106 valence electrons. The van der Waals surface area contributed by atoms with Crippen molar-refractivity contribution in [1.82, 2.24) is 10.6 Å². The number of aliphatic hydroxyl groups is 1. The predicted molar refractivity (Wildman–Crippen MR) is 74.8 cm³/mol. The number of thiophene rings is 1. The van der Waals surface area contributed by atoms with Crippen molar-refractivity contribution < 1.29 is 14.7 Å². The molecule has 0 bridgehead atoms. The van der Waals surface area contributed by atoms with Crippen LogP contribution in [0.15, 0.2) is 16.8 Å². The minimum Gasteiger partial charge on any atom is -0.388 e. The van der Waals surface area contributed by atoms with E-state index in [2.05, 4.69) is 10.6 Å². The summed E-state index contributed by atoms with van der Waals surface area (Å²) >= 11 is 1.51. The van der Waals surface area contributed by atoms with E-state index in [0.717, 1.165) is 5.56 Å². The third kappa shape index (κ3) is 5.85. The van der Waals surface area contributed by atoms with Crippen molar-refractivity contribution in [2.45, 2.75) is 26.4 Å². The van der Waals surface area contributed by atoms with Crippen molar-refractivity contribution in [3.8, 4) is 0 Å². The molecule has 0 aliphatic rings. The lowest BCUT2D eigenvalue weighted by Gasteiger charge is -2.10. The van der Waals surface area contributed by atoms with Crippen LogP contribution in [0.25, 0.3) is 0 Å². The van der Waals surface area contributed by atoms with Gasteiger partial charge >= 0.3 is 11.8 Å². The summed E-state index contributed by atoms with van der Waals surface area (Å²) in [7, 11) is 0. The van der Waals surface area contributed by atoms with Crippen molar-refractivity contribution in [1.29, 1.82) is 0 Å². The number of rotatable bonds is 6.